The van der Waals surface area contributed by atoms with E-state index in [1.165, 1.54) is 12.1 Å². The Morgan fingerprint density at radius 1 is 1.25 bits per heavy atom. The molecule has 1 aliphatic rings. The summed E-state index contributed by atoms with van der Waals surface area (Å²) in [5.41, 5.74) is 6.61. The van der Waals surface area contributed by atoms with Crippen LogP contribution in [0.4, 0.5) is 14.6 Å². The molecule has 1 aromatic heterocycles. The molecule has 104 valence electrons. The largest absolute Gasteiger partial charge is 0.383 e. The molecule has 0 saturated heterocycles. The number of hydrogen-bond donors (Lipinski definition) is 1. The maximum Gasteiger partial charge on any atom is 0.140 e. The molecule has 0 unspecified atom stereocenters. The highest BCUT2D eigenvalue weighted by molar-refractivity contribution is 7.99. The minimum atomic E-state index is -0.598. The first kappa shape index (κ1) is 13.3. The third-order valence-corrected chi connectivity index (χ3v) is 4.34. The average Bonchev–Trinajstić information content (AvgIpc) is 3.22. The number of aromatic nitrogens is 2. The fourth-order valence-corrected chi connectivity index (χ4v) is 2.71. The molecule has 2 aromatic rings. The number of nitrogen functional groups attached to an aromatic ring is 1. The van der Waals surface area contributed by atoms with E-state index < -0.39 is 11.6 Å². The van der Waals surface area contributed by atoms with Crippen LogP contribution in [0.25, 0.3) is 0 Å². The lowest BCUT2D eigenvalue weighted by atomic mass is 10.3. The van der Waals surface area contributed by atoms with Crippen LogP contribution in [-0.4, -0.2) is 9.97 Å². The second kappa shape index (κ2) is 5.01. The van der Waals surface area contributed by atoms with Crippen molar-refractivity contribution < 1.29 is 8.78 Å². The predicted molar refractivity (Wildman–Crippen MR) is 73.6 cm³/mol. The van der Waals surface area contributed by atoms with Gasteiger partial charge in [-0.1, -0.05) is 11.8 Å². The number of halogens is 2. The van der Waals surface area contributed by atoms with Crippen LogP contribution in [0, 0.1) is 18.6 Å². The van der Waals surface area contributed by atoms with Gasteiger partial charge in [0, 0.05) is 22.4 Å². The van der Waals surface area contributed by atoms with E-state index in [9.17, 15) is 8.78 Å². The van der Waals surface area contributed by atoms with Crippen molar-refractivity contribution in [3.8, 4) is 0 Å². The Morgan fingerprint density at radius 3 is 2.65 bits per heavy atom. The van der Waals surface area contributed by atoms with Crippen LogP contribution in [0.15, 0.2) is 28.1 Å². The van der Waals surface area contributed by atoms with E-state index >= 15 is 0 Å². The number of nitrogens with two attached hydrogens (primary N) is 1. The Bertz CT molecular complexity index is 672. The Hall–Kier alpha value is -1.69. The van der Waals surface area contributed by atoms with Crippen molar-refractivity contribution in [1.29, 1.82) is 0 Å². The van der Waals surface area contributed by atoms with Gasteiger partial charge in [0.2, 0.25) is 0 Å². The zero-order valence-corrected chi connectivity index (χ0v) is 11.7. The monoisotopic (exact) mass is 293 g/mol. The number of rotatable bonds is 3. The third kappa shape index (κ3) is 2.60. The molecule has 0 aliphatic heterocycles. The maximum absolute atomic E-state index is 13.7. The summed E-state index contributed by atoms with van der Waals surface area (Å²) in [5, 5.41) is 0.630. The Balaban J connectivity index is 1.97. The van der Waals surface area contributed by atoms with Crippen LogP contribution in [0.2, 0.25) is 0 Å². The molecule has 3 nitrogen and oxygen atoms in total. The SMILES string of the molecule is Cc1c(N)nc(C2CC2)nc1Sc1ccc(F)cc1F. The van der Waals surface area contributed by atoms with Gasteiger partial charge in [-0.2, -0.15) is 0 Å². The van der Waals surface area contributed by atoms with Gasteiger partial charge in [-0.3, -0.25) is 0 Å². The zero-order chi connectivity index (χ0) is 14.3. The van der Waals surface area contributed by atoms with Crippen molar-refractivity contribution in [3.63, 3.8) is 0 Å². The number of anilines is 1. The zero-order valence-electron chi connectivity index (χ0n) is 10.9. The standard InChI is InChI=1S/C14H13F2N3S/c1-7-12(17)18-13(8-2-3-8)19-14(7)20-11-5-4-9(15)6-10(11)16/h4-6,8H,2-3H2,1H3,(H2,17,18,19). The summed E-state index contributed by atoms with van der Waals surface area (Å²) in [6, 6.07) is 3.50. The van der Waals surface area contributed by atoms with Crippen molar-refractivity contribution in [1.82, 2.24) is 9.97 Å². The molecule has 0 amide bonds. The number of nitrogens with zero attached hydrogens (tertiary/aromatic N) is 2. The maximum atomic E-state index is 13.7. The quantitative estimate of drug-likeness (QED) is 0.877. The Labute approximate surface area is 119 Å². The first-order valence-corrected chi connectivity index (χ1v) is 7.13. The number of benzene rings is 1. The minimum absolute atomic E-state index is 0.328. The molecule has 6 heteroatoms. The molecule has 1 saturated carbocycles. The highest BCUT2D eigenvalue weighted by atomic mass is 32.2. The van der Waals surface area contributed by atoms with E-state index in [-0.39, 0.29) is 0 Å². The summed E-state index contributed by atoms with van der Waals surface area (Å²) in [4.78, 5) is 9.07. The van der Waals surface area contributed by atoms with Crippen molar-refractivity contribution in [2.45, 2.75) is 35.6 Å². The molecular formula is C14H13F2N3S. The van der Waals surface area contributed by atoms with Gasteiger partial charge in [0.05, 0.1) is 0 Å². The summed E-state index contributed by atoms with van der Waals surface area (Å²) < 4.78 is 26.6. The smallest absolute Gasteiger partial charge is 0.140 e. The lowest BCUT2D eigenvalue weighted by molar-refractivity contribution is 0.565. The molecule has 3 rings (SSSR count). The fraction of sp³-hybridized carbons (Fsp3) is 0.286. The van der Waals surface area contributed by atoms with Crippen LogP contribution < -0.4 is 5.73 Å². The summed E-state index contributed by atoms with van der Waals surface area (Å²) in [6.45, 7) is 1.80. The van der Waals surface area contributed by atoms with Crippen LogP contribution in [-0.2, 0) is 0 Å². The molecule has 0 radical (unpaired) electrons. The molecule has 1 aliphatic carbocycles. The van der Waals surface area contributed by atoms with E-state index in [4.69, 9.17) is 5.73 Å². The summed E-state index contributed by atoms with van der Waals surface area (Å²) in [7, 11) is 0. The van der Waals surface area contributed by atoms with Gasteiger partial charge in [0.25, 0.3) is 0 Å². The highest BCUT2D eigenvalue weighted by Crippen LogP contribution is 2.40. The normalized spacial score (nSPS) is 14.6. The first-order chi connectivity index (χ1) is 9.54. The van der Waals surface area contributed by atoms with E-state index in [1.54, 1.807) is 6.92 Å². The summed E-state index contributed by atoms with van der Waals surface area (Å²) in [5.74, 6) is 0.323. The second-order valence-electron chi connectivity index (χ2n) is 4.85. The molecule has 1 fully saturated rings. The summed E-state index contributed by atoms with van der Waals surface area (Å²) >= 11 is 1.15. The third-order valence-electron chi connectivity index (χ3n) is 3.20. The van der Waals surface area contributed by atoms with Crippen LogP contribution in [0.3, 0.4) is 0 Å². The van der Waals surface area contributed by atoms with Gasteiger partial charge in [0.1, 0.15) is 28.3 Å². The number of hydrogen-bond acceptors (Lipinski definition) is 4. The molecule has 2 N–H and O–H groups in total. The van der Waals surface area contributed by atoms with Crippen molar-refractivity contribution in [2.75, 3.05) is 5.73 Å². The summed E-state index contributed by atoms with van der Waals surface area (Å²) in [6.07, 6.45) is 2.13. The average molecular weight is 293 g/mol. The first-order valence-electron chi connectivity index (χ1n) is 6.31. The van der Waals surface area contributed by atoms with Crippen LogP contribution in [0.5, 0.6) is 0 Å². The van der Waals surface area contributed by atoms with Crippen LogP contribution in [0.1, 0.15) is 30.1 Å². The van der Waals surface area contributed by atoms with E-state index in [0.717, 1.165) is 42.1 Å². The van der Waals surface area contributed by atoms with Gasteiger partial charge in [0.15, 0.2) is 0 Å². The van der Waals surface area contributed by atoms with E-state index in [1.807, 2.05) is 0 Å². The van der Waals surface area contributed by atoms with Crippen molar-refractivity contribution in [3.05, 3.63) is 41.2 Å². The van der Waals surface area contributed by atoms with E-state index in [2.05, 4.69) is 9.97 Å². The molecular weight excluding hydrogens is 280 g/mol. The fourth-order valence-electron chi connectivity index (χ4n) is 1.82. The molecule has 1 aromatic carbocycles. The molecule has 20 heavy (non-hydrogen) atoms. The minimum Gasteiger partial charge on any atom is -0.383 e. The van der Waals surface area contributed by atoms with Crippen LogP contribution >= 0.6 is 11.8 Å². The molecule has 0 spiro atoms. The van der Waals surface area contributed by atoms with Gasteiger partial charge in [-0.15, -0.1) is 0 Å². The van der Waals surface area contributed by atoms with Crippen molar-refractivity contribution >= 4 is 17.6 Å². The van der Waals surface area contributed by atoms with Crippen molar-refractivity contribution in [2.24, 2.45) is 0 Å². The van der Waals surface area contributed by atoms with Gasteiger partial charge in [-0.05, 0) is 31.9 Å². The topological polar surface area (TPSA) is 51.8 Å². The van der Waals surface area contributed by atoms with Gasteiger partial charge < -0.3 is 5.73 Å². The Morgan fingerprint density at radius 2 is 2.00 bits per heavy atom. The Kier molecular flexibility index (Phi) is 3.33. The van der Waals surface area contributed by atoms with Gasteiger partial charge in [-0.25, -0.2) is 18.7 Å². The van der Waals surface area contributed by atoms with E-state index in [0.29, 0.717) is 21.7 Å². The molecule has 1 heterocycles. The predicted octanol–water partition coefficient (Wildman–Crippen LogP) is 3.67. The second-order valence-corrected chi connectivity index (χ2v) is 5.88. The molecule has 0 bridgehead atoms. The highest BCUT2D eigenvalue weighted by Gasteiger charge is 2.28. The lowest BCUT2D eigenvalue weighted by Crippen LogP contribution is -2.03. The lowest BCUT2D eigenvalue weighted by Gasteiger charge is -2.09. The van der Waals surface area contributed by atoms with Gasteiger partial charge >= 0.3 is 0 Å². The molecule has 0 atom stereocenters.